The average molecular weight is 354 g/mol. The molecule has 0 spiro atoms. The van der Waals surface area contributed by atoms with Gasteiger partial charge in [0.05, 0.1) is 0 Å². The second-order valence-corrected chi connectivity index (χ2v) is 6.92. The summed E-state index contributed by atoms with van der Waals surface area (Å²) in [5.74, 6) is 1.00. The largest absolute Gasteiger partial charge is 0.490 e. The van der Waals surface area contributed by atoms with Gasteiger partial charge in [0.25, 0.3) is 5.56 Å². The van der Waals surface area contributed by atoms with Gasteiger partial charge >= 0.3 is 0 Å². The van der Waals surface area contributed by atoms with Gasteiger partial charge in [-0.25, -0.2) is 0 Å². The van der Waals surface area contributed by atoms with Crippen molar-refractivity contribution in [3.05, 3.63) is 64.1 Å². The number of benzene rings is 1. The first-order chi connectivity index (χ1) is 12.5. The summed E-state index contributed by atoms with van der Waals surface area (Å²) in [6.45, 7) is 5.79. The Labute approximate surface area is 154 Å². The van der Waals surface area contributed by atoms with E-state index in [1.807, 2.05) is 49.1 Å². The third kappa shape index (κ3) is 4.54. The highest BCUT2D eigenvalue weighted by Crippen LogP contribution is 2.20. The normalized spacial score (nSPS) is 15.1. The molecule has 0 N–H and O–H groups in total. The summed E-state index contributed by atoms with van der Waals surface area (Å²) in [6.07, 6.45) is 2.18. The molecule has 1 aliphatic rings. The number of likely N-dealkylation sites (tertiary alicyclic amines) is 1. The van der Waals surface area contributed by atoms with Crippen molar-refractivity contribution >= 4 is 5.91 Å². The molecule has 26 heavy (non-hydrogen) atoms. The van der Waals surface area contributed by atoms with E-state index in [0.29, 0.717) is 26.1 Å². The predicted molar refractivity (Wildman–Crippen MR) is 101 cm³/mol. The summed E-state index contributed by atoms with van der Waals surface area (Å²) < 4.78 is 7.70. The van der Waals surface area contributed by atoms with Crippen molar-refractivity contribution in [3.8, 4) is 5.75 Å². The highest BCUT2D eigenvalue weighted by Gasteiger charge is 2.23. The Morgan fingerprint density at radius 1 is 1.12 bits per heavy atom. The van der Waals surface area contributed by atoms with Crippen LogP contribution in [0.1, 0.15) is 30.5 Å². The van der Waals surface area contributed by atoms with Gasteiger partial charge in [-0.3, -0.25) is 9.59 Å². The number of carbonyl (C=O) groups excluding carboxylic acids is 1. The number of aromatic nitrogens is 1. The van der Waals surface area contributed by atoms with E-state index in [2.05, 4.69) is 0 Å². The third-order valence-corrected chi connectivity index (χ3v) is 4.90. The molecule has 2 aromatic rings. The molecule has 0 radical (unpaired) electrons. The molecule has 3 rings (SSSR count). The van der Waals surface area contributed by atoms with Gasteiger partial charge in [-0.05, 0) is 37.6 Å². The molecule has 1 saturated heterocycles. The van der Waals surface area contributed by atoms with Gasteiger partial charge in [0, 0.05) is 50.7 Å². The van der Waals surface area contributed by atoms with Gasteiger partial charge < -0.3 is 14.2 Å². The van der Waals surface area contributed by atoms with Crippen LogP contribution in [0.25, 0.3) is 0 Å². The van der Waals surface area contributed by atoms with E-state index in [1.165, 1.54) is 11.6 Å². The van der Waals surface area contributed by atoms with Crippen molar-refractivity contribution in [2.24, 2.45) is 0 Å². The third-order valence-electron chi connectivity index (χ3n) is 4.90. The van der Waals surface area contributed by atoms with Crippen LogP contribution in [0.2, 0.25) is 0 Å². The zero-order chi connectivity index (χ0) is 18.5. The molecule has 1 fully saturated rings. The fourth-order valence-corrected chi connectivity index (χ4v) is 3.38. The summed E-state index contributed by atoms with van der Waals surface area (Å²) in [7, 11) is 0. The average Bonchev–Trinajstić information content (AvgIpc) is 2.62. The van der Waals surface area contributed by atoms with Crippen LogP contribution in [0.3, 0.4) is 0 Å². The summed E-state index contributed by atoms with van der Waals surface area (Å²) in [5.41, 5.74) is 2.01. The first-order valence-electron chi connectivity index (χ1n) is 9.20. The molecule has 0 aliphatic carbocycles. The number of ether oxygens (including phenoxy) is 1. The topological polar surface area (TPSA) is 51.5 Å². The smallest absolute Gasteiger partial charge is 0.250 e. The van der Waals surface area contributed by atoms with Crippen molar-refractivity contribution in [1.82, 2.24) is 9.47 Å². The highest BCUT2D eigenvalue weighted by atomic mass is 16.5. The minimum atomic E-state index is -0.0527. The fraction of sp³-hybridized carbons (Fsp3) is 0.429. The quantitative estimate of drug-likeness (QED) is 0.830. The number of piperidine rings is 1. The van der Waals surface area contributed by atoms with Crippen LogP contribution in [-0.2, 0) is 11.3 Å². The monoisotopic (exact) mass is 354 g/mol. The zero-order valence-corrected chi connectivity index (χ0v) is 15.5. The Hall–Kier alpha value is -2.56. The second-order valence-electron chi connectivity index (χ2n) is 6.92. The van der Waals surface area contributed by atoms with Crippen molar-refractivity contribution in [1.29, 1.82) is 0 Å². The van der Waals surface area contributed by atoms with Gasteiger partial charge in [0.15, 0.2) is 0 Å². The first kappa shape index (κ1) is 18.2. The Morgan fingerprint density at radius 3 is 2.54 bits per heavy atom. The molecular formula is C21H26N2O3. The molecule has 138 valence electrons. The number of pyridine rings is 1. The van der Waals surface area contributed by atoms with Crippen LogP contribution >= 0.6 is 0 Å². The second kappa shape index (κ2) is 8.21. The molecule has 5 heteroatoms. The number of rotatable bonds is 5. The zero-order valence-electron chi connectivity index (χ0n) is 15.5. The number of hydrogen-bond acceptors (Lipinski definition) is 3. The number of amides is 1. The summed E-state index contributed by atoms with van der Waals surface area (Å²) in [4.78, 5) is 26.3. The maximum Gasteiger partial charge on any atom is 0.250 e. The Kier molecular flexibility index (Phi) is 5.76. The predicted octanol–water partition coefficient (Wildman–Crippen LogP) is 2.93. The molecule has 5 nitrogen and oxygen atoms in total. The lowest BCUT2D eigenvalue weighted by atomic mass is 10.1. The standard InChI is InChI=1S/C21H26N2O3/c1-16-5-3-7-19(15-16)26-18-9-12-22(13-10-18)20(24)11-14-23-17(2)6-4-8-21(23)25/h3-8,15,18H,9-14H2,1-2H3. The van der Waals surface area contributed by atoms with E-state index in [9.17, 15) is 9.59 Å². The maximum atomic E-state index is 12.5. The van der Waals surface area contributed by atoms with E-state index >= 15 is 0 Å². The Morgan fingerprint density at radius 2 is 1.85 bits per heavy atom. The van der Waals surface area contributed by atoms with Gasteiger partial charge in [-0.15, -0.1) is 0 Å². The van der Waals surface area contributed by atoms with Crippen LogP contribution in [-0.4, -0.2) is 34.6 Å². The molecule has 0 unspecified atom stereocenters. The lowest BCUT2D eigenvalue weighted by molar-refractivity contribution is -0.133. The first-order valence-corrected chi connectivity index (χ1v) is 9.20. The van der Waals surface area contributed by atoms with Gasteiger partial charge in [-0.1, -0.05) is 18.2 Å². The number of carbonyl (C=O) groups is 1. The van der Waals surface area contributed by atoms with Gasteiger partial charge in [0.1, 0.15) is 11.9 Å². The number of aryl methyl sites for hydroxylation is 2. The van der Waals surface area contributed by atoms with Crippen molar-refractivity contribution in [3.63, 3.8) is 0 Å². The van der Waals surface area contributed by atoms with Crippen LogP contribution in [0, 0.1) is 13.8 Å². The Balaban J connectivity index is 1.48. The lowest BCUT2D eigenvalue weighted by Crippen LogP contribution is -2.42. The minimum absolute atomic E-state index is 0.0527. The van der Waals surface area contributed by atoms with Crippen molar-refractivity contribution in [2.45, 2.75) is 45.8 Å². The van der Waals surface area contributed by atoms with Crippen LogP contribution < -0.4 is 10.3 Å². The summed E-state index contributed by atoms with van der Waals surface area (Å²) in [6, 6.07) is 13.2. The summed E-state index contributed by atoms with van der Waals surface area (Å²) in [5, 5.41) is 0. The number of hydrogen-bond donors (Lipinski definition) is 0. The van der Waals surface area contributed by atoms with E-state index in [0.717, 1.165) is 24.3 Å². The van der Waals surface area contributed by atoms with E-state index in [1.54, 1.807) is 10.6 Å². The fourth-order valence-electron chi connectivity index (χ4n) is 3.38. The molecule has 1 amide bonds. The lowest BCUT2D eigenvalue weighted by Gasteiger charge is -2.32. The molecule has 0 saturated carbocycles. The molecule has 2 heterocycles. The van der Waals surface area contributed by atoms with Gasteiger partial charge in [0.2, 0.25) is 5.91 Å². The molecule has 0 bridgehead atoms. The van der Waals surface area contributed by atoms with Crippen LogP contribution in [0.15, 0.2) is 47.3 Å². The van der Waals surface area contributed by atoms with E-state index in [4.69, 9.17) is 4.74 Å². The van der Waals surface area contributed by atoms with Crippen molar-refractivity contribution < 1.29 is 9.53 Å². The van der Waals surface area contributed by atoms with E-state index < -0.39 is 0 Å². The maximum absolute atomic E-state index is 12.5. The van der Waals surface area contributed by atoms with Crippen LogP contribution in [0.5, 0.6) is 5.75 Å². The highest BCUT2D eigenvalue weighted by molar-refractivity contribution is 5.76. The summed E-state index contributed by atoms with van der Waals surface area (Å²) >= 11 is 0. The SMILES string of the molecule is Cc1cccc(OC2CCN(C(=O)CCn3c(C)cccc3=O)CC2)c1. The van der Waals surface area contributed by atoms with Crippen molar-refractivity contribution in [2.75, 3.05) is 13.1 Å². The number of nitrogens with zero attached hydrogens (tertiary/aromatic N) is 2. The molecule has 1 aromatic heterocycles. The minimum Gasteiger partial charge on any atom is -0.490 e. The van der Waals surface area contributed by atoms with E-state index in [-0.39, 0.29) is 17.6 Å². The molecule has 1 aliphatic heterocycles. The molecular weight excluding hydrogens is 328 g/mol. The molecule has 1 aromatic carbocycles. The van der Waals surface area contributed by atoms with Gasteiger partial charge in [-0.2, -0.15) is 0 Å². The van der Waals surface area contributed by atoms with Crippen LogP contribution in [0.4, 0.5) is 0 Å². The Bertz CT molecular complexity index is 820. The molecule has 0 atom stereocenters.